The van der Waals surface area contributed by atoms with Crippen molar-refractivity contribution < 1.29 is 18.3 Å². The minimum Gasteiger partial charge on any atom is -0.493 e. The minimum absolute atomic E-state index is 0.0995. The van der Waals surface area contributed by atoms with E-state index in [0.717, 1.165) is 10.6 Å². The molecule has 0 saturated carbocycles. The molecule has 3 aromatic rings. The number of alkyl halides is 3. The summed E-state index contributed by atoms with van der Waals surface area (Å²) in [4.78, 5) is 18.9. The van der Waals surface area contributed by atoms with Crippen LogP contribution in [-0.4, -0.2) is 19.6 Å². The monoisotopic (exact) mass is 341 g/mol. The lowest BCUT2D eigenvalue weighted by molar-refractivity contribution is -0.141. The maximum absolute atomic E-state index is 12.9. The highest BCUT2D eigenvalue weighted by molar-refractivity contribution is 6.32. The Morgan fingerprint density at radius 3 is 2.43 bits per heavy atom. The van der Waals surface area contributed by atoms with Crippen LogP contribution in [0.25, 0.3) is 16.7 Å². The van der Waals surface area contributed by atoms with E-state index in [1.165, 1.54) is 12.1 Å². The Labute approximate surface area is 131 Å². The highest BCUT2D eigenvalue weighted by Crippen LogP contribution is 2.31. The van der Waals surface area contributed by atoms with E-state index in [1.54, 1.807) is 12.1 Å². The second-order valence-electron chi connectivity index (χ2n) is 4.57. The van der Waals surface area contributed by atoms with Gasteiger partial charge in [-0.1, -0.05) is 23.7 Å². The van der Waals surface area contributed by atoms with Crippen molar-refractivity contribution in [2.45, 2.75) is 6.18 Å². The molecule has 1 aromatic carbocycles. The second kappa shape index (κ2) is 5.24. The lowest BCUT2D eigenvalue weighted by atomic mass is 10.2. The summed E-state index contributed by atoms with van der Waals surface area (Å²) >= 11 is 6.00. The van der Waals surface area contributed by atoms with Crippen LogP contribution in [0.1, 0.15) is 5.69 Å². The van der Waals surface area contributed by atoms with Crippen molar-refractivity contribution in [3.05, 3.63) is 57.6 Å². The Bertz CT molecular complexity index is 970. The summed E-state index contributed by atoms with van der Waals surface area (Å²) in [5.74, 6) is -0.700. The van der Waals surface area contributed by atoms with Gasteiger partial charge in [0.15, 0.2) is 5.65 Å². The molecule has 2 heterocycles. The van der Waals surface area contributed by atoms with Crippen LogP contribution in [-0.2, 0) is 6.18 Å². The van der Waals surface area contributed by atoms with Gasteiger partial charge < -0.3 is 5.11 Å². The quantitative estimate of drug-likeness (QED) is 0.738. The number of rotatable bonds is 1. The Morgan fingerprint density at radius 2 is 1.78 bits per heavy atom. The van der Waals surface area contributed by atoms with Crippen LogP contribution in [0.3, 0.4) is 0 Å². The van der Waals surface area contributed by atoms with Gasteiger partial charge in [-0.05, 0) is 24.3 Å². The molecule has 0 amide bonds. The van der Waals surface area contributed by atoms with Crippen LogP contribution < -0.4 is 5.69 Å². The van der Waals surface area contributed by atoms with Crippen LogP contribution >= 0.6 is 11.6 Å². The summed E-state index contributed by atoms with van der Waals surface area (Å²) in [6, 6.07) is 7.76. The number of benzene rings is 1. The number of pyridine rings is 1. The van der Waals surface area contributed by atoms with Gasteiger partial charge >= 0.3 is 11.9 Å². The van der Waals surface area contributed by atoms with Crippen LogP contribution in [0.2, 0.25) is 5.02 Å². The summed E-state index contributed by atoms with van der Waals surface area (Å²) < 4.78 is 39.5. The first-order valence-electron chi connectivity index (χ1n) is 6.24. The van der Waals surface area contributed by atoms with Gasteiger partial charge in [-0.15, -0.1) is 0 Å². The maximum atomic E-state index is 12.9. The summed E-state index contributed by atoms with van der Waals surface area (Å²) in [7, 11) is 0. The molecule has 0 bridgehead atoms. The van der Waals surface area contributed by atoms with Gasteiger partial charge in [0, 0.05) is 0 Å². The smallest absolute Gasteiger partial charge is 0.433 e. The number of aromatic nitrogens is 3. The lowest BCUT2D eigenvalue weighted by Gasteiger charge is -2.13. The van der Waals surface area contributed by atoms with Crippen molar-refractivity contribution in [1.82, 2.24) is 14.5 Å². The van der Waals surface area contributed by atoms with Gasteiger partial charge in [0.2, 0.25) is 5.88 Å². The molecule has 0 saturated heterocycles. The Hall–Kier alpha value is -2.61. The Morgan fingerprint density at radius 1 is 1.09 bits per heavy atom. The van der Waals surface area contributed by atoms with Gasteiger partial charge in [-0.25, -0.2) is 14.3 Å². The Kier molecular flexibility index (Phi) is 3.48. The first-order valence-corrected chi connectivity index (χ1v) is 6.61. The Balaban J connectivity index is 2.46. The molecule has 0 atom stereocenters. The second-order valence-corrected chi connectivity index (χ2v) is 4.98. The van der Waals surface area contributed by atoms with Gasteiger partial charge in [0.25, 0.3) is 0 Å². The number of fused-ring (bicyclic) bond motifs is 1. The van der Waals surface area contributed by atoms with E-state index in [2.05, 4.69) is 9.97 Å². The van der Waals surface area contributed by atoms with E-state index < -0.39 is 23.4 Å². The predicted molar refractivity (Wildman–Crippen MR) is 76.8 cm³/mol. The third-order valence-electron chi connectivity index (χ3n) is 3.10. The average Bonchev–Trinajstić information content (AvgIpc) is 2.47. The SMILES string of the molecule is O=c1nc(O)c2ccc(C(F)(F)F)nc2n1-c1ccccc1Cl. The van der Waals surface area contributed by atoms with E-state index in [0.29, 0.717) is 6.07 Å². The molecule has 0 spiro atoms. The van der Waals surface area contributed by atoms with Crippen LogP contribution in [0.4, 0.5) is 13.2 Å². The molecule has 0 aliphatic carbocycles. The predicted octanol–water partition coefficient (Wildman–Crippen LogP) is 3.16. The fraction of sp³-hybridized carbons (Fsp3) is 0.0714. The number of nitrogens with zero attached hydrogens (tertiary/aromatic N) is 3. The zero-order valence-corrected chi connectivity index (χ0v) is 11.9. The fourth-order valence-electron chi connectivity index (χ4n) is 2.09. The van der Waals surface area contributed by atoms with E-state index in [1.807, 2.05) is 0 Å². The molecule has 0 aliphatic rings. The van der Waals surface area contributed by atoms with Crippen molar-refractivity contribution in [1.29, 1.82) is 0 Å². The van der Waals surface area contributed by atoms with E-state index >= 15 is 0 Å². The van der Waals surface area contributed by atoms with Crippen molar-refractivity contribution in [3.8, 4) is 11.6 Å². The summed E-state index contributed by atoms with van der Waals surface area (Å²) in [5, 5.41) is 9.74. The maximum Gasteiger partial charge on any atom is 0.433 e. The number of halogens is 4. The molecule has 0 radical (unpaired) electrons. The standard InChI is InChI=1S/C14H7ClF3N3O2/c15-8-3-1-2-4-9(8)21-11-7(12(22)20-13(21)23)5-6-10(19-11)14(16,17)18/h1-6H,(H,20,22,23). The van der Waals surface area contributed by atoms with Gasteiger partial charge in [-0.3, -0.25) is 0 Å². The summed E-state index contributed by atoms with van der Waals surface area (Å²) in [6.45, 7) is 0. The zero-order chi connectivity index (χ0) is 16.8. The molecule has 9 heteroatoms. The third kappa shape index (κ3) is 2.61. The largest absolute Gasteiger partial charge is 0.493 e. The number of aromatic hydroxyl groups is 1. The molecule has 23 heavy (non-hydrogen) atoms. The molecule has 1 N–H and O–H groups in total. The molecule has 5 nitrogen and oxygen atoms in total. The number of para-hydroxylation sites is 1. The first kappa shape index (κ1) is 15.3. The fourth-order valence-corrected chi connectivity index (χ4v) is 2.31. The van der Waals surface area contributed by atoms with E-state index in [-0.39, 0.29) is 21.7 Å². The van der Waals surface area contributed by atoms with Crippen LogP contribution in [0, 0.1) is 0 Å². The van der Waals surface area contributed by atoms with Gasteiger partial charge in [0.1, 0.15) is 5.69 Å². The van der Waals surface area contributed by atoms with Gasteiger partial charge in [-0.2, -0.15) is 18.2 Å². The molecule has 0 aliphatic heterocycles. The van der Waals surface area contributed by atoms with Gasteiger partial charge in [0.05, 0.1) is 16.1 Å². The van der Waals surface area contributed by atoms with Crippen molar-refractivity contribution in [3.63, 3.8) is 0 Å². The van der Waals surface area contributed by atoms with E-state index in [9.17, 15) is 23.1 Å². The minimum atomic E-state index is -4.70. The summed E-state index contributed by atoms with van der Waals surface area (Å²) in [6.07, 6.45) is -4.70. The molecular weight excluding hydrogens is 335 g/mol. The molecule has 0 unspecified atom stereocenters. The van der Waals surface area contributed by atoms with Crippen LogP contribution in [0.15, 0.2) is 41.2 Å². The molecular formula is C14H7ClF3N3O2. The average molecular weight is 342 g/mol. The molecule has 2 aromatic heterocycles. The summed E-state index contributed by atoms with van der Waals surface area (Å²) in [5.41, 5.74) is -2.46. The number of hydrogen-bond donors (Lipinski definition) is 1. The lowest BCUT2D eigenvalue weighted by Crippen LogP contribution is -2.23. The number of hydrogen-bond acceptors (Lipinski definition) is 4. The third-order valence-corrected chi connectivity index (χ3v) is 3.42. The van der Waals surface area contributed by atoms with Crippen molar-refractivity contribution in [2.75, 3.05) is 0 Å². The first-order chi connectivity index (χ1) is 10.8. The normalized spacial score (nSPS) is 11.8. The topological polar surface area (TPSA) is 68.0 Å². The van der Waals surface area contributed by atoms with Crippen molar-refractivity contribution >= 4 is 22.6 Å². The van der Waals surface area contributed by atoms with Crippen LogP contribution in [0.5, 0.6) is 5.88 Å². The molecule has 3 rings (SSSR count). The van der Waals surface area contributed by atoms with Crippen molar-refractivity contribution in [2.24, 2.45) is 0 Å². The molecule has 0 fully saturated rings. The zero-order valence-electron chi connectivity index (χ0n) is 11.2. The highest BCUT2D eigenvalue weighted by atomic mass is 35.5. The highest BCUT2D eigenvalue weighted by Gasteiger charge is 2.33. The van der Waals surface area contributed by atoms with E-state index in [4.69, 9.17) is 11.6 Å². The molecule has 118 valence electrons.